The Morgan fingerprint density at radius 2 is 2.00 bits per heavy atom. The number of benzene rings is 2. The number of ether oxygens (including phenoxy) is 1. The lowest BCUT2D eigenvalue weighted by Gasteiger charge is -2.45. The first-order chi connectivity index (χ1) is 18.1. The minimum Gasteiger partial charge on any atom is -0.394 e. The Balaban J connectivity index is 1.15. The molecule has 2 saturated heterocycles. The van der Waals surface area contributed by atoms with Crippen LogP contribution in [0.2, 0.25) is 0 Å². The van der Waals surface area contributed by atoms with Crippen molar-refractivity contribution in [3.8, 4) is 6.07 Å². The van der Waals surface area contributed by atoms with E-state index in [0.717, 1.165) is 68.9 Å². The number of fused-ring (bicyclic) bond motifs is 2. The third kappa shape index (κ3) is 4.76. The molecule has 3 aliphatic rings. The van der Waals surface area contributed by atoms with Crippen molar-refractivity contribution in [2.24, 2.45) is 0 Å². The van der Waals surface area contributed by atoms with Gasteiger partial charge >= 0.3 is 0 Å². The number of nitrogens with one attached hydrogen (secondary N) is 1. The normalized spacial score (nSPS) is 24.3. The van der Waals surface area contributed by atoms with Crippen molar-refractivity contribution in [3.05, 3.63) is 65.4 Å². The van der Waals surface area contributed by atoms with Gasteiger partial charge in [0.1, 0.15) is 6.07 Å². The van der Waals surface area contributed by atoms with Gasteiger partial charge in [0.05, 0.1) is 35.9 Å². The number of rotatable bonds is 5. The molecule has 3 aliphatic heterocycles. The van der Waals surface area contributed by atoms with Crippen LogP contribution in [0.25, 0.3) is 10.9 Å². The molecule has 8 heteroatoms. The predicted octanol–water partition coefficient (Wildman–Crippen LogP) is 2.49. The lowest BCUT2D eigenvalue weighted by atomic mass is 10.0. The Kier molecular flexibility index (Phi) is 6.70. The molecular formula is C29H34N6O2. The van der Waals surface area contributed by atoms with Gasteiger partial charge in [-0.2, -0.15) is 5.26 Å². The lowest BCUT2D eigenvalue weighted by Crippen LogP contribution is -2.58. The van der Waals surface area contributed by atoms with Crippen molar-refractivity contribution in [2.45, 2.75) is 38.3 Å². The highest BCUT2D eigenvalue weighted by Gasteiger charge is 2.32. The number of nitrogens with zero attached hydrogens (tertiary/aromatic N) is 5. The fourth-order valence-corrected chi connectivity index (χ4v) is 6.20. The highest BCUT2D eigenvalue weighted by molar-refractivity contribution is 5.95. The number of morpholine rings is 1. The molecule has 37 heavy (non-hydrogen) atoms. The van der Waals surface area contributed by atoms with E-state index in [9.17, 15) is 10.4 Å². The first kappa shape index (κ1) is 24.1. The monoisotopic (exact) mass is 498 g/mol. The summed E-state index contributed by atoms with van der Waals surface area (Å²) < 4.78 is 6.39. The molecule has 0 aliphatic carbocycles. The topological polar surface area (TPSA) is 87.9 Å². The van der Waals surface area contributed by atoms with E-state index >= 15 is 0 Å². The molecule has 2 aromatic carbocycles. The quantitative estimate of drug-likeness (QED) is 0.555. The zero-order valence-corrected chi connectivity index (χ0v) is 21.3. The predicted molar refractivity (Wildman–Crippen MR) is 145 cm³/mol. The van der Waals surface area contributed by atoms with Crippen LogP contribution in [-0.4, -0.2) is 79.1 Å². The Morgan fingerprint density at radius 3 is 2.86 bits per heavy atom. The van der Waals surface area contributed by atoms with Gasteiger partial charge in [-0.3, -0.25) is 9.88 Å². The van der Waals surface area contributed by atoms with E-state index in [4.69, 9.17) is 4.74 Å². The number of aliphatic hydroxyl groups excluding tert-OH is 1. The number of pyridine rings is 1. The molecule has 1 aromatic heterocycles. The first-order valence-electron chi connectivity index (χ1n) is 13.2. The molecule has 2 fully saturated rings. The third-order valence-corrected chi connectivity index (χ3v) is 7.93. The zero-order chi connectivity index (χ0) is 25.4. The van der Waals surface area contributed by atoms with Gasteiger partial charge in [0.2, 0.25) is 0 Å². The fourth-order valence-electron chi connectivity index (χ4n) is 6.20. The van der Waals surface area contributed by atoms with E-state index < -0.39 is 0 Å². The van der Waals surface area contributed by atoms with E-state index in [1.54, 1.807) is 6.20 Å². The van der Waals surface area contributed by atoms with Gasteiger partial charge in [-0.25, -0.2) is 0 Å². The number of nitriles is 1. The van der Waals surface area contributed by atoms with Gasteiger partial charge < -0.3 is 25.0 Å². The largest absolute Gasteiger partial charge is 0.394 e. The zero-order valence-electron chi connectivity index (χ0n) is 21.3. The summed E-state index contributed by atoms with van der Waals surface area (Å²) in [6, 6.07) is 16.9. The van der Waals surface area contributed by atoms with E-state index in [1.165, 1.54) is 16.8 Å². The Morgan fingerprint density at radius 1 is 1.11 bits per heavy atom. The summed E-state index contributed by atoms with van der Waals surface area (Å²) in [5, 5.41) is 24.2. The maximum Gasteiger partial charge on any atom is 0.101 e. The highest BCUT2D eigenvalue weighted by Crippen LogP contribution is 2.31. The van der Waals surface area contributed by atoms with Crippen LogP contribution in [-0.2, 0) is 17.8 Å². The SMILES string of the molecule is C[C@@H]1CN(c2ccc(C#N)c3ncccc23)C[C@H](CN2CCN(c3ccc4c(c3)CNC4)C(CO)C2)O1. The van der Waals surface area contributed by atoms with Crippen molar-refractivity contribution in [1.82, 2.24) is 15.2 Å². The van der Waals surface area contributed by atoms with Crippen molar-refractivity contribution < 1.29 is 9.84 Å². The van der Waals surface area contributed by atoms with Crippen LogP contribution in [0.4, 0.5) is 11.4 Å². The maximum absolute atomic E-state index is 10.3. The number of aliphatic hydroxyl groups is 1. The molecule has 8 nitrogen and oxygen atoms in total. The molecule has 0 radical (unpaired) electrons. The van der Waals surface area contributed by atoms with Gasteiger partial charge in [-0.1, -0.05) is 6.07 Å². The molecule has 0 spiro atoms. The molecular weight excluding hydrogens is 464 g/mol. The van der Waals surface area contributed by atoms with E-state index in [-0.39, 0.29) is 24.9 Å². The number of aromatic nitrogens is 1. The minimum absolute atomic E-state index is 0.0584. The van der Waals surface area contributed by atoms with E-state index in [0.29, 0.717) is 5.56 Å². The van der Waals surface area contributed by atoms with Crippen LogP contribution >= 0.6 is 0 Å². The summed E-state index contributed by atoms with van der Waals surface area (Å²) in [4.78, 5) is 11.7. The van der Waals surface area contributed by atoms with Gasteiger partial charge in [-0.05, 0) is 54.4 Å². The molecule has 0 bridgehead atoms. The van der Waals surface area contributed by atoms with Gasteiger partial charge in [-0.15, -0.1) is 0 Å². The smallest absolute Gasteiger partial charge is 0.101 e. The Hall–Kier alpha value is -3.22. The molecule has 3 aromatic rings. The molecule has 0 amide bonds. The fraction of sp³-hybridized carbons (Fsp3) is 0.448. The summed E-state index contributed by atoms with van der Waals surface area (Å²) in [7, 11) is 0. The van der Waals surface area contributed by atoms with Crippen LogP contribution in [0, 0.1) is 11.3 Å². The highest BCUT2D eigenvalue weighted by atomic mass is 16.5. The summed E-state index contributed by atoms with van der Waals surface area (Å²) >= 11 is 0. The number of hydrogen-bond acceptors (Lipinski definition) is 8. The van der Waals surface area contributed by atoms with Crippen molar-refractivity contribution >= 4 is 22.3 Å². The van der Waals surface area contributed by atoms with Gasteiger partial charge in [0, 0.05) is 75.3 Å². The van der Waals surface area contributed by atoms with Crippen molar-refractivity contribution in [3.63, 3.8) is 0 Å². The summed E-state index contributed by atoms with van der Waals surface area (Å²) in [5.74, 6) is 0. The molecule has 192 valence electrons. The number of hydrogen-bond donors (Lipinski definition) is 2. The van der Waals surface area contributed by atoms with Crippen LogP contribution in [0.5, 0.6) is 0 Å². The standard InChI is InChI=1S/C29H34N6O2/c1-20-15-34(28-7-5-21(12-30)29-27(28)3-2-8-32-29)18-26(37-20)17-33-9-10-35(25(16-33)19-36)24-6-4-22-13-31-14-23(22)11-24/h2-8,11,20,25-26,31,36H,9-10,13-19H2,1H3/t20-,25?,26+/m1/s1. The molecule has 1 unspecified atom stereocenters. The van der Waals surface area contributed by atoms with Crippen LogP contribution in [0.15, 0.2) is 48.7 Å². The molecule has 4 heterocycles. The Labute approximate surface area is 218 Å². The van der Waals surface area contributed by atoms with Gasteiger partial charge in [0.25, 0.3) is 0 Å². The van der Waals surface area contributed by atoms with Gasteiger partial charge in [0.15, 0.2) is 0 Å². The van der Waals surface area contributed by atoms with Crippen LogP contribution in [0.1, 0.15) is 23.6 Å². The van der Waals surface area contributed by atoms with E-state index in [2.05, 4.69) is 56.2 Å². The number of anilines is 2. The molecule has 6 rings (SSSR count). The molecule has 3 atom stereocenters. The molecule has 0 saturated carbocycles. The molecule has 2 N–H and O–H groups in total. The second kappa shape index (κ2) is 10.3. The summed E-state index contributed by atoms with van der Waals surface area (Å²) in [6.45, 7) is 9.15. The average Bonchev–Trinajstić information content (AvgIpc) is 3.40. The average molecular weight is 499 g/mol. The third-order valence-electron chi connectivity index (χ3n) is 7.93. The second-order valence-corrected chi connectivity index (χ2v) is 10.5. The van der Waals surface area contributed by atoms with Crippen molar-refractivity contribution in [1.29, 1.82) is 5.26 Å². The minimum atomic E-state index is 0.0584. The summed E-state index contributed by atoms with van der Waals surface area (Å²) in [5.41, 5.74) is 6.41. The van der Waals surface area contributed by atoms with Crippen molar-refractivity contribution in [2.75, 3.05) is 55.7 Å². The number of piperazine rings is 1. The second-order valence-electron chi connectivity index (χ2n) is 10.5. The van der Waals surface area contributed by atoms with Crippen LogP contribution in [0.3, 0.4) is 0 Å². The lowest BCUT2D eigenvalue weighted by molar-refractivity contribution is -0.0351. The van der Waals surface area contributed by atoms with E-state index in [1.807, 2.05) is 24.3 Å². The van der Waals surface area contributed by atoms with Crippen LogP contribution < -0.4 is 15.1 Å². The maximum atomic E-state index is 10.3. The first-order valence-corrected chi connectivity index (χ1v) is 13.2. The Bertz CT molecular complexity index is 1320. The summed E-state index contributed by atoms with van der Waals surface area (Å²) in [6.07, 6.45) is 1.90.